The number of para-hydroxylation sites is 1. The number of carbonyl (C=O) groups excluding carboxylic acids is 1. The molecule has 0 radical (unpaired) electrons. The molecule has 0 aliphatic carbocycles. The molecular formula is C25H25N3O2S2. The van der Waals surface area contributed by atoms with Crippen molar-refractivity contribution in [3.05, 3.63) is 86.8 Å². The topological polar surface area (TPSA) is 64.0 Å². The molecule has 4 aromatic rings. The number of carbonyl (C=O) groups is 1. The number of hydrogen-bond donors (Lipinski definition) is 1. The first-order valence-corrected chi connectivity index (χ1v) is 12.4. The summed E-state index contributed by atoms with van der Waals surface area (Å²) in [6.07, 6.45) is 0.750. The lowest BCUT2D eigenvalue weighted by Crippen LogP contribution is -2.25. The normalized spacial score (nSPS) is 11.2. The Morgan fingerprint density at radius 3 is 2.59 bits per heavy atom. The fourth-order valence-electron chi connectivity index (χ4n) is 3.41. The van der Waals surface area contributed by atoms with Crippen LogP contribution >= 0.6 is 23.1 Å². The lowest BCUT2D eigenvalue weighted by molar-refractivity contribution is -0.113. The second-order valence-electron chi connectivity index (χ2n) is 7.81. The summed E-state index contributed by atoms with van der Waals surface area (Å²) in [6, 6.07) is 19.3. The van der Waals surface area contributed by atoms with Crippen molar-refractivity contribution in [2.75, 3.05) is 11.1 Å². The van der Waals surface area contributed by atoms with Crippen molar-refractivity contribution in [1.82, 2.24) is 9.55 Å². The zero-order valence-corrected chi connectivity index (χ0v) is 19.7. The van der Waals surface area contributed by atoms with Crippen LogP contribution < -0.4 is 10.9 Å². The summed E-state index contributed by atoms with van der Waals surface area (Å²) < 4.78 is 1.69. The first-order chi connectivity index (χ1) is 15.5. The number of rotatable bonds is 8. The van der Waals surface area contributed by atoms with E-state index in [9.17, 15) is 9.59 Å². The van der Waals surface area contributed by atoms with Crippen LogP contribution in [0.3, 0.4) is 0 Å². The monoisotopic (exact) mass is 463 g/mol. The molecule has 7 heteroatoms. The number of amides is 1. The third kappa shape index (κ3) is 5.29. The maximum atomic E-state index is 13.1. The molecule has 0 atom stereocenters. The Morgan fingerprint density at radius 1 is 1.09 bits per heavy atom. The summed E-state index contributed by atoms with van der Waals surface area (Å²) >= 11 is 2.96. The number of aromatic nitrogens is 2. The Kier molecular flexibility index (Phi) is 7.07. The van der Waals surface area contributed by atoms with Gasteiger partial charge in [0.1, 0.15) is 0 Å². The number of nitrogens with zero attached hydrogens (tertiary/aromatic N) is 2. The van der Waals surface area contributed by atoms with E-state index in [4.69, 9.17) is 4.98 Å². The smallest absolute Gasteiger partial charge is 0.262 e. The second-order valence-corrected chi connectivity index (χ2v) is 9.79. The number of benzene rings is 2. The number of thioether (sulfide) groups is 1. The Bertz CT molecular complexity index is 1260. The molecular weight excluding hydrogens is 438 g/mol. The third-order valence-electron chi connectivity index (χ3n) is 5.18. The maximum absolute atomic E-state index is 13.1. The minimum atomic E-state index is -0.125. The van der Waals surface area contributed by atoms with Crippen molar-refractivity contribution in [2.45, 2.75) is 37.9 Å². The van der Waals surface area contributed by atoms with Crippen molar-refractivity contribution in [3.8, 4) is 0 Å². The molecule has 5 nitrogen and oxygen atoms in total. The molecule has 2 heterocycles. The average Bonchev–Trinajstić information content (AvgIpc) is 3.31. The third-order valence-corrected chi connectivity index (χ3v) is 7.09. The van der Waals surface area contributed by atoms with Crippen LogP contribution in [0.25, 0.3) is 10.9 Å². The van der Waals surface area contributed by atoms with Gasteiger partial charge in [-0.25, -0.2) is 4.98 Å². The van der Waals surface area contributed by atoms with Gasteiger partial charge in [0, 0.05) is 17.1 Å². The number of anilines is 1. The Morgan fingerprint density at radius 2 is 1.88 bits per heavy atom. The molecule has 2 aromatic carbocycles. The highest BCUT2D eigenvalue weighted by Gasteiger charge is 2.14. The van der Waals surface area contributed by atoms with Gasteiger partial charge in [0.25, 0.3) is 5.56 Å². The number of aryl methyl sites for hydroxylation is 1. The molecule has 1 N–H and O–H groups in total. The lowest BCUT2D eigenvalue weighted by atomic mass is 10.0. The van der Waals surface area contributed by atoms with Crippen LogP contribution in [0, 0.1) is 0 Å². The standard InChI is InChI=1S/C25H25N3O2S2/c1-17(2)18-9-11-19(12-10-18)26-23(29)16-32-25-27-22-8-4-3-7-21(22)24(30)28(25)14-13-20-6-5-15-31-20/h3-12,15,17H,13-14,16H2,1-2H3,(H,26,29). The van der Waals surface area contributed by atoms with Crippen LogP contribution in [-0.4, -0.2) is 21.2 Å². The van der Waals surface area contributed by atoms with E-state index < -0.39 is 0 Å². The number of nitrogens with one attached hydrogen (secondary N) is 1. The van der Waals surface area contributed by atoms with Gasteiger partial charge in [-0.3, -0.25) is 14.2 Å². The van der Waals surface area contributed by atoms with E-state index in [1.54, 1.807) is 22.0 Å². The van der Waals surface area contributed by atoms with E-state index in [0.29, 0.717) is 28.5 Å². The van der Waals surface area contributed by atoms with Gasteiger partial charge >= 0.3 is 0 Å². The zero-order valence-electron chi connectivity index (χ0n) is 18.1. The predicted octanol–water partition coefficient (Wildman–Crippen LogP) is 5.55. The highest BCUT2D eigenvalue weighted by Crippen LogP contribution is 2.21. The van der Waals surface area contributed by atoms with Crippen molar-refractivity contribution in [1.29, 1.82) is 0 Å². The molecule has 4 rings (SSSR count). The SMILES string of the molecule is CC(C)c1ccc(NC(=O)CSc2nc3ccccc3c(=O)n2CCc2cccs2)cc1. The zero-order chi connectivity index (χ0) is 22.5. The average molecular weight is 464 g/mol. The summed E-state index contributed by atoms with van der Waals surface area (Å²) in [6.45, 7) is 4.80. The molecule has 1 amide bonds. The van der Waals surface area contributed by atoms with Crippen molar-refractivity contribution in [3.63, 3.8) is 0 Å². The minimum absolute atomic E-state index is 0.0701. The van der Waals surface area contributed by atoms with Crippen LogP contribution in [0.4, 0.5) is 5.69 Å². The van der Waals surface area contributed by atoms with Crippen LogP contribution in [0.2, 0.25) is 0 Å². The summed E-state index contributed by atoms with van der Waals surface area (Å²) in [5, 5.41) is 6.12. The predicted molar refractivity (Wildman–Crippen MR) is 134 cm³/mol. The fraction of sp³-hybridized carbons (Fsp3) is 0.240. The van der Waals surface area contributed by atoms with Gasteiger partial charge in [-0.15, -0.1) is 11.3 Å². The van der Waals surface area contributed by atoms with E-state index in [-0.39, 0.29) is 17.2 Å². The summed E-state index contributed by atoms with van der Waals surface area (Å²) in [4.78, 5) is 31.6. The Hall–Kier alpha value is -2.90. The van der Waals surface area contributed by atoms with Gasteiger partial charge in [-0.2, -0.15) is 0 Å². The van der Waals surface area contributed by atoms with E-state index in [1.165, 1.54) is 22.2 Å². The number of thiophene rings is 1. The molecule has 164 valence electrons. The molecule has 0 aliphatic heterocycles. The highest BCUT2D eigenvalue weighted by molar-refractivity contribution is 7.99. The van der Waals surface area contributed by atoms with E-state index in [1.807, 2.05) is 53.9 Å². The van der Waals surface area contributed by atoms with E-state index in [2.05, 4.69) is 25.2 Å². The van der Waals surface area contributed by atoms with Crippen molar-refractivity contribution < 1.29 is 4.79 Å². The quantitative estimate of drug-likeness (QED) is 0.275. The maximum Gasteiger partial charge on any atom is 0.262 e. The Balaban J connectivity index is 1.51. The van der Waals surface area contributed by atoms with Crippen LogP contribution in [-0.2, 0) is 17.8 Å². The molecule has 0 aliphatic rings. The van der Waals surface area contributed by atoms with Crippen LogP contribution in [0.15, 0.2) is 76.0 Å². The number of hydrogen-bond acceptors (Lipinski definition) is 5. The van der Waals surface area contributed by atoms with Gasteiger partial charge in [-0.1, -0.05) is 55.9 Å². The number of fused-ring (bicyclic) bond motifs is 1. The lowest BCUT2D eigenvalue weighted by Gasteiger charge is -2.13. The largest absolute Gasteiger partial charge is 0.325 e. The van der Waals surface area contributed by atoms with E-state index >= 15 is 0 Å². The molecule has 0 bridgehead atoms. The Labute approximate surface area is 195 Å². The molecule has 0 spiro atoms. The molecule has 0 saturated carbocycles. The first-order valence-electron chi connectivity index (χ1n) is 10.6. The van der Waals surface area contributed by atoms with E-state index in [0.717, 1.165) is 12.1 Å². The van der Waals surface area contributed by atoms with Crippen LogP contribution in [0.1, 0.15) is 30.2 Å². The summed E-state index contributed by atoms with van der Waals surface area (Å²) in [5.74, 6) is 0.495. The van der Waals surface area contributed by atoms with Crippen molar-refractivity contribution in [2.24, 2.45) is 0 Å². The van der Waals surface area contributed by atoms with Crippen LogP contribution in [0.5, 0.6) is 0 Å². The van der Waals surface area contributed by atoms with Gasteiger partial charge in [0.2, 0.25) is 5.91 Å². The molecule has 0 saturated heterocycles. The minimum Gasteiger partial charge on any atom is -0.325 e. The summed E-state index contributed by atoms with van der Waals surface area (Å²) in [5.41, 5.74) is 2.57. The molecule has 0 fully saturated rings. The molecule has 2 aromatic heterocycles. The second kappa shape index (κ2) is 10.1. The van der Waals surface area contributed by atoms with Gasteiger partial charge < -0.3 is 5.32 Å². The highest BCUT2D eigenvalue weighted by atomic mass is 32.2. The molecule has 0 unspecified atom stereocenters. The van der Waals surface area contributed by atoms with Gasteiger partial charge in [0.15, 0.2) is 5.16 Å². The first kappa shape index (κ1) is 22.3. The fourth-order valence-corrected chi connectivity index (χ4v) is 4.93. The van der Waals surface area contributed by atoms with Gasteiger partial charge in [-0.05, 0) is 53.6 Å². The van der Waals surface area contributed by atoms with Gasteiger partial charge in [0.05, 0.1) is 16.7 Å². The summed E-state index contributed by atoms with van der Waals surface area (Å²) in [7, 11) is 0. The molecule has 32 heavy (non-hydrogen) atoms. The van der Waals surface area contributed by atoms with Crippen molar-refractivity contribution >= 4 is 45.6 Å².